The van der Waals surface area contributed by atoms with Crippen molar-refractivity contribution in [2.45, 2.75) is 32.5 Å². The average molecular weight is 186 g/mol. The summed E-state index contributed by atoms with van der Waals surface area (Å²) in [7, 11) is 0. The first kappa shape index (κ1) is 11.9. The van der Waals surface area contributed by atoms with E-state index in [1.54, 1.807) is 20.8 Å². The van der Waals surface area contributed by atoms with Crippen LogP contribution in [-0.2, 0) is 9.53 Å². The zero-order valence-corrected chi connectivity index (χ0v) is 8.00. The van der Waals surface area contributed by atoms with Gasteiger partial charge in [-0.15, -0.1) is 0 Å². The second-order valence-electron chi connectivity index (χ2n) is 3.47. The van der Waals surface area contributed by atoms with Gasteiger partial charge in [-0.2, -0.15) is 0 Å². The van der Waals surface area contributed by atoms with Crippen LogP contribution in [-0.4, -0.2) is 34.5 Å². The van der Waals surface area contributed by atoms with Gasteiger partial charge in [0, 0.05) is 5.92 Å². The van der Waals surface area contributed by atoms with Gasteiger partial charge >= 0.3 is 5.97 Å². The van der Waals surface area contributed by atoms with E-state index in [4.69, 9.17) is 14.9 Å². The van der Waals surface area contributed by atoms with Gasteiger partial charge in [-0.25, -0.2) is 4.79 Å². The summed E-state index contributed by atoms with van der Waals surface area (Å²) in [4.78, 5) is 10.9. The molecule has 0 heterocycles. The van der Waals surface area contributed by atoms with Crippen molar-refractivity contribution in [1.82, 2.24) is 0 Å². The lowest BCUT2D eigenvalue weighted by atomic mass is 10.2. The van der Waals surface area contributed by atoms with Crippen molar-refractivity contribution >= 4 is 5.97 Å². The van der Waals surface area contributed by atoms with Crippen LogP contribution >= 0.6 is 0 Å². The van der Waals surface area contributed by atoms with Crippen LogP contribution in [0.5, 0.6) is 0 Å². The van der Waals surface area contributed by atoms with Gasteiger partial charge in [0.2, 0.25) is 0 Å². The van der Waals surface area contributed by atoms with E-state index < -0.39 is 24.3 Å². The normalized spacial score (nSPS) is 12.7. The highest BCUT2D eigenvalue weighted by molar-refractivity contribution is 5.88. The minimum atomic E-state index is -1.19. The van der Waals surface area contributed by atoms with Crippen molar-refractivity contribution in [3.63, 3.8) is 0 Å². The number of carbonyl (C=O) groups is 1. The molecule has 0 saturated carbocycles. The summed E-state index contributed by atoms with van der Waals surface area (Å²) < 4.78 is 4.83. The Labute approximate surface area is 77.5 Å². The Balaban J connectivity index is 4.06. The highest BCUT2D eigenvalue weighted by Gasteiger charge is 2.14. The van der Waals surface area contributed by atoms with Crippen molar-refractivity contribution in [3.8, 4) is 11.8 Å². The molecule has 74 valence electrons. The maximum atomic E-state index is 10.9. The van der Waals surface area contributed by atoms with E-state index in [0.717, 1.165) is 0 Å². The zero-order valence-electron chi connectivity index (χ0n) is 8.00. The maximum Gasteiger partial charge on any atom is 0.384 e. The molecule has 4 nitrogen and oxygen atoms in total. The number of hydrogen-bond acceptors (Lipinski definition) is 4. The average Bonchev–Trinajstić information content (AvgIpc) is 1.97. The molecule has 0 aliphatic carbocycles. The molecule has 1 atom stereocenters. The first-order valence-electron chi connectivity index (χ1n) is 3.88. The summed E-state index contributed by atoms with van der Waals surface area (Å²) in [5.74, 6) is 3.50. The standard InChI is InChI=1S/C9H14O4/c1-9(2,3)13-8(12)5-4-7(11)6-10/h7,10-11H,6H2,1-3H3/t7-/m0/s1. The van der Waals surface area contributed by atoms with Crippen LogP contribution in [0.15, 0.2) is 0 Å². The molecule has 0 rings (SSSR count). The molecule has 0 saturated heterocycles. The molecule has 0 aromatic carbocycles. The Morgan fingerprint density at radius 3 is 2.46 bits per heavy atom. The fourth-order valence-electron chi connectivity index (χ4n) is 0.491. The Hall–Kier alpha value is -1.05. The molecule has 2 N–H and O–H groups in total. The van der Waals surface area contributed by atoms with Crippen LogP contribution in [0.3, 0.4) is 0 Å². The molecule has 0 aliphatic rings. The van der Waals surface area contributed by atoms with E-state index in [1.165, 1.54) is 0 Å². The SMILES string of the molecule is CC(C)(C)OC(=O)C#C[C@H](O)CO. The van der Waals surface area contributed by atoms with Crippen LogP contribution in [0.2, 0.25) is 0 Å². The van der Waals surface area contributed by atoms with E-state index in [-0.39, 0.29) is 0 Å². The third-order valence-corrected chi connectivity index (χ3v) is 0.913. The molecule has 13 heavy (non-hydrogen) atoms. The predicted molar refractivity (Wildman–Crippen MR) is 46.7 cm³/mol. The van der Waals surface area contributed by atoms with E-state index in [9.17, 15) is 4.79 Å². The van der Waals surface area contributed by atoms with Crippen molar-refractivity contribution in [2.75, 3.05) is 6.61 Å². The summed E-state index contributed by atoms with van der Waals surface area (Å²) in [6.45, 7) is 4.66. The van der Waals surface area contributed by atoms with Crippen molar-refractivity contribution in [1.29, 1.82) is 0 Å². The molecule has 0 aromatic heterocycles. The second kappa shape index (κ2) is 4.85. The molecule has 0 aromatic rings. The number of rotatable bonds is 1. The van der Waals surface area contributed by atoms with E-state index in [2.05, 4.69) is 11.8 Å². The van der Waals surface area contributed by atoms with Crippen molar-refractivity contribution < 1.29 is 19.7 Å². The summed E-state index contributed by atoms with van der Waals surface area (Å²) >= 11 is 0. The van der Waals surface area contributed by atoms with Crippen molar-refractivity contribution in [3.05, 3.63) is 0 Å². The lowest BCUT2D eigenvalue weighted by molar-refractivity contribution is -0.147. The summed E-state index contributed by atoms with van der Waals surface area (Å²) in [6.07, 6.45) is -1.19. The number of aliphatic hydroxyl groups is 2. The molecular weight excluding hydrogens is 172 g/mol. The van der Waals surface area contributed by atoms with E-state index in [1.807, 2.05) is 0 Å². The predicted octanol–water partition coefficient (Wildman–Crippen LogP) is -0.315. The fraction of sp³-hybridized carbons (Fsp3) is 0.667. The van der Waals surface area contributed by atoms with Crippen LogP contribution in [0.1, 0.15) is 20.8 Å². The first-order chi connectivity index (χ1) is 5.85. The fourth-order valence-corrected chi connectivity index (χ4v) is 0.491. The number of carbonyl (C=O) groups excluding carboxylic acids is 1. The number of hydrogen-bond donors (Lipinski definition) is 2. The van der Waals surface area contributed by atoms with E-state index in [0.29, 0.717) is 0 Å². The molecular formula is C9H14O4. The summed E-state index contributed by atoms with van der Waals surface area (Å²) in [6, 6.07) is 0. The Bertz CT molecular complexity index is 228. The Morgan fingerprint density at radius 1 is 1.54 bits per heavy atom. The second-order valence-corrected chi connectivity index (χ2v) is 3.47. The van der Waals surface area contributed by atoms with E-state index >= 15 is 0 Å². The molecule has 0 amide bonds. The molecule has 0 spiro atoms. The smallest absolute Gasteiger partial charge is 0.384 e. The van der Waals surface area contributed by atoms with Crippen LogP contribution in [0, 0.1) is 11.8 Å². The van der Waals surface area contributed by atoms with Gasteiger partial charge in [-0.1, -0.05) is 5.92 Å². The summed E-state index contributed by atoms with van der Waals surface area (Å²) in [5.41, 5.74) is -0.587. The van der Waals surface area contributed by atoms with Gasteiger partial charge in [0.1, 0.15) is 11.7 Å². The number of ether oxygens (including phenoxy) is 1. The molecule has 0 radical (unpaired) electrons. The van der Waals surface area contributed by atoms with Gasteiger partial charge in [0.05, 0.1) is 6.61 Å². The largest absolute Gasteiger partial charge is 0.450 e. The lowest BCUT2D eigenvalue weighted by Crippen LogP contribution is -2.23. The van der Waals surface area contributed by atoms with Gasteiger partial charge in [0.15, 0.2) is 0 Å². The first-order valence-corrected chi connectivity index (χ1v) is 3.88. The van der Waals surface area contributed by atoms with Gasteiger partial charge in [-0.05, 0) is 20.8 Å². The van der Waals surface area contributed by atoms with Crippen LogP contribution < -0.4 is 0 Å². The molecule has 0 unspecified atom stereocenters. The van der Waals surface area contributed by atoms with Crippen LogP contribution in [0.25, 0.3) is 0 Å². The Kier molecular flexibility index (Phi) is 4.46. The monoisotopic (exact) mass is 186 g/mol. The highest BCUT2D eigenvalue weighted by Crippen LogP contribution is 2.05. The van der Waals surface area contributed by atoms with Crippen LogP contribution in [0.4, 0.5) is 0 Å². The third-order valence-electron chi connectivity index (χ3n) is 0.913. The van der Waals surface area contributed by atoms with Gasteiger partial charge < -0.3 is 14.9 Å². The van der Waals surface area contributed by atoms with Crippen molar-refractivity contribution in [2.24, 2.45) is 0 Å². The summed E-state index contributed by atoms with van der Waals surface area (Å²) in [5, 5.41) is 17.1. The Morgan fingerprint density at radius 2 is 2.08 bits per heavy atom. The van der Waals surface area contributed by atoms with Gasteiger partial charge in [-0.3, -0.25) is 0 Å². The maximum absolute atomic E-state index is 10.9. The quantitative estimate of drug-likeness (QED) is 0.335. The molecule has 0 fully saturated rings. The third kappa shape index (κ3) is 7.32. The topological polar surface area (TPSA) is 66.8 Å². The van der Waals surface area contributed by atoms with Gasteiger partial charge in [0.25, 0.3) is 0 Å². The molecule has 0 bridgehead atoms. The zero-order chi connectivity index (χ0) is 10.5. The number of esters is 1. The minimum absolute atomic E-state index is 0.490. The lowest BCUT2D eigenvalue weighted by Gasteiger charge is -2.16. The molecule has 4 heteroatoms. The minimum Gasteiger partial charge on any atom is -0.450 e. The number of aliphatic hydroxyl groups excluding tert-OH is 2. The highest BCUT2D eigenvalue weighted by atomic mass is 16.6. The molecule has 0 aliphatic heterocycles.